The molecule has 1 aromatic rings. The molecule has 0 bridgehead atoms. The predicted octanol–water partition coefficient (Wildman–Crippen LogP) is 2.08. The van der Waals surface area contributed by atoms with Crippen LogP contribution in [0.2, 0.25) is 0 Å². The van der Waals surface area contributed by atoms with E-state index in [-0.39, 0.29) is 0 Å². The second-order valence-corrected chi connectivity index (χ2v) is 4.19. The third-order valence-corrected chi connectivity index (χ3v) is 2.88. The van der Waals surface area contributed by atoms with Gasteiger partial charge in [-0.05, 0) is 37.8 Å². The summed E-state index contributed by atoms with van der Waals surface area (Å²) >= 11 is 0. The van der Waals surface area contributed by atoms with Crippen molar-refractivity contribution in [3.05, 3.63) is 24.0 Å². The molecule has 1 heterocycles. The zero-order valence-corrected chi connectivity index (χ0v) is 9.56. The standard InChI is InChI=1S/C12H16N2O2/c1-8(9-3-4-9)14-10-5-6-13-11(7-10)12(15)16-2/h5-9H,3-4H2,1-2H3,(H,13,14). The summed E-state index contributed by atoms with van der Waals surface area (Å²) in [5.74, 6) is 0.373. The van der Waals surface area contributed by atoms with E-state index in [0.717, 1.165) is 11.6 Å². The number of ether oxygens (including phenoxy) is 1. The Labute approximate surface area is 95.0 Å². The van der Waals surface area contributed by atoms with E-state index in [0.29, 0.717) is 11.7 Å². The smallest absolute Gasteiger partial charge is 0.356 e. The van der Waals surface area contributed by atoms with Crippen molar-refractivity contribution < 1.29 is 9.53 Å². The number of carbonyl (C=O) groups is 1. The largest absolute Gasteiger partial charge is 0.464 e. The van der Waals surface area contributed by atoms with Gasteiger partial charge >= 0.3 is 5.97 Å². The predicted molar refractivity (Wildman–Crippen MR) is 61.4 cm³/mol. The molecule has 0 radical (unpaired) electrons. The molecule has 4 heteroatoms. The van der Waals surface area contributed by atoms with Gasteiger partial charge in [-0.3, -0.25) is 0 Å². The fourth-order valence-corrected chi connectivity index (χ4v) is 1.71. The molecule has 0 amide bonds. The number of esters is 1. The highest BCUT2D eigenvalue weighted by molar-refractivity contribution is 5.88. The molecule has 0 aromatic carbocycles. The van der Waals surface area contributed by atoms with Crippen LogP contribution < -0.4 is 5.32 Å². The number of methoxy groups -OCH3 is 1. The molecule has 16 heavy (non-hydrogen) atoms. The SMILES string of the molecule is COC(=O)c1cc(NC(C)C2CC2)ccn1. The van der Waals surface area contributed by atoms with Crippen molar-refractivity contribution in [3.63, 3.8) is 0 Å². The van der Waals surface area contributed by atoms with Crippen molar-refractivity contribution in [2.75, 3.05) is 12.4 Å². The molecule has 86 valence electrons. The van der Waals surface area contributed by atoms with Gasteiger partial charge in [0.2, 0.25) is 0 Å². The molecule has 0 spiro atoms. The quantitative estimate of drug-likeness (QED) is 0.789. The van der Waals surface area contributed by atoms with Crippen molar-refractivity contribution in [3.8, 4) is 0 Å². The van der Waals surface area contributed by atoms with Gasteiger partial charge in [0, 0.05) is 17.9 Å². The minimum absolute atomic E-state index is 0.343. The van der Waals surface area contributed by atoms with E-state index >= 15 is 0 Å². The Balaban J connectivity index is 2.06. The van der Waals surface area contributed by atoms with Crippen LogP contribution in [0, 0.1) is 5.92 Å². The lowest BCUT2D eigenvalue weighted by Crippen LogP contribution is -2.17. The number of nitrogens with one attached hydrogen (secondary N) is 1. The number of aromatic nitrogens is 1. The van der Waals surface area contributed by atoms with Gasteiger partial charge in [0.15, 0.2) is 0 Å². The Hall–Kier alpha value is -1.58. The highest BCUT2D eigenvalue weighted by Gasteiger charge is 2.27. The molecule has 1 aromatic heterocycles. The van der Waals surface area contributed by atoms with E-state index < -0.39 is 5.97 Å². The van der Waals surface area contributed by atoms with Crippen molar-refractivity contribution in [2.45, 2.75) is 25.8 Å². The van der Waals surface area contributed by atoms with Crippen LogP contribution in [0.5, 0.6) is 0 Å². The number of pyridine rings is 1. The molecule has 1 saturated carbocycles. The summed E-state index contributed by atoms with van der Waals surface area (Å²) in [6.07, 6.45) is 4.21. The van der Waals surface area contributed by atoms with Crippen molar-refractivity contribution in [1.82, 2.24) is 4.98 Å². The molecule has 1 N–H and O–H groups in total. The molecular weight excluding hydrogens is 204 g/mol. The molecule has 1 atom stereocenters. The van der Waals surface area contributed by atoms with Crippen LogP contribution in [0.3, 0.4) is 0 Å². The Morgan fingerprint density at radius 2 is 2.38 bits per heavy atom. The zero-order chi connectivity index (χ0) is 11.5. The molecule has 0 aliphatic heterocycles. The zero-order valence-electron chi connectivity index (χ0n) is 9.56. The van der Waals surface area contributed by atoms with Crippen molar-refractivity contribution in [2.24, 2.45) is 5.92 Å². The third kappa shape index (κ3) is 2.51. The van der Waals surface area contributed by atoms with Gasteiger partial charge in [0.05, 0.1) is 7.11 Å². The topological polar surface area (TPSA) is 51.2 Å². The first-order chi connectivity index (χ1) is 7.70. The van der Waals surface area contributed by atoms with E-state index in [1.807, 2.05) is 6.07 Å². The maximum absolute atomic E-state index is 11.3. The molecule has 1 fully saturated rings. The van der Waals surface area contributed by atoms with E-state index in [1.54, 1.807) is 12.3 Å². The lowest BCUT2D eigenvalue weighted by atomic mass is 10.2. The van der Waals surface area contributed by atoms with Crippen LogP contribution in [0.1, 0.15) is 30.3 Å². The summed E-state index contributed by atoms with van der Waals surface area (Å²) in [4.78, 5) is 15.2. The van der Waals surface area contributed by atoms with Gasteiger partial charge in [-0.1, -0.05) is 0 Å². The minimum atomic E-state index is -0.400. The van der Waals surface area contributed by atoms with Crippen molar-refractivity contribution >= 4 is 11.7 Å². The van der Waals surface area contributed by atoms with E-state index in [9.17, 15) is 4.79 Å². The van der Waals surface area contributed by atoms with Crippen LogP contribution >= 0.6 is 0 Å². The van der Waals surface area contributed by atoms with Gasteiger partial charge in [-0.25, -0.2) is 9.78 Å². The van der Waals surface area contributed by atoms with E-state index in [2.05, 4.69) is 22.0 Å². The second-order valence-electron chi connectivity index (χ2n) is 4.19. The first-order valence-electron chi connectivity index (χ1n) is 5.51. The lowest BCUT2D eigenvalue weighted by molar-refractivity contribution is 0.0594. The fraction of sp³-hybridized carbons (Fsp3) is 0.500. The summed E-state index contributed by atoms with van der Waals surface area (Å²) in [6.45, 7) is 2.16. The van der Waals surface area contributed by atoms with Gasteiger partial charge in [0.25, 0.3) is 0 Å². The molecule has 4 nitrogen and oxygen atoms in total. The number of anilines is 1. The Bertz CT molecular complexity index is 388. The van der Waals surface area contributed by atoms with E-state index in [4.69, 9.17) is 0 Å². The minimum Gasteiger partial charge on any atom is -0.464 e. The maximum atomic E-state index is 11.3. The Morgan fingerprint density at radius 1 is 1.62 bits per heavy atom. The van der Waals surface area contributed by atoms with Crippen LogP contribution in [0.4, 0.5) is 5.69 Å². The fourth-order valence-electron chi connectivity index (χ4n) is 1.71. The average molecular weight is 220 g/mol. The maximum Gasteiger partial charge on any atom is 0.356 e. The van der Waals surface area contributed by atoms with Gasteiger partial charge in [-0.2, -0.15) is 0 Å². The van der Waals surface area contributed by atoms with Crippen LogP contribution in [-0.2, 0) is 4.74 Å². The summed E-state index contributed by atoms with van der Waals surface area (Å²) in [5, 5.41) is 3.38. The average Bonchev–Trinajstić information content (AvgIpc) is 3.12. The van der Waals surface area contributed by atoms with Crippen molar-refractivity contribution in [1.29, 1.82) is 0 Å². The lowest BCUT2D eigenvalue weighted by Gasteiger charge is -2.14. The Morgan fingerprint density at radius 3 is 3.00 bits per heavy atom. The first-order valence-corrected chi connectivity index (χ1v) is 5.51. The molecule has 1 aliphatic rings. The molecule has 1 aliphatic carbocycles. The summed E-state index contributed by atoms with van der Waals surface area (Å²) in [5.41, 5.74) is 1.27. The van der Waals surface area contributed by atoms with Gasteiger partial charge < -0.3 is 10.1 Å². The van der Waals surface area contributed by atoms with Gasteiger partial charge in [0.1, 0.15) is 5.69 Å². The highest BCUT2D eigenvalue weighted by Crippen LogP contribution is 2.33. The van der Waals surface area contributed by atoms with Crippen LogP contribution in [0.25, 0.3) is 0 Å². The normalized spacial score (nSPS) is 16.6. The van der Waals surface area contributed by atoms with Crippen LogP contribution in [-0.4, -0.2) is 24.1 Å². The number of nitrogens with zero attached hydrogens (tertiary/aromatic N) is 1. The summed E-state index contributed by atoms with van der Waals surface area (Å²) in [7, 11) is 1.36. The summed E-state index contributed by atoms with van der Waals surface area (Å²) < 4.78 is 4.63. The first kappa shape index (κ1) is 10.9. The number of carbonyl (C=O) groups excluding carboxylic acids is 1. The monoisotopic (exact) mass is 220 g/mol. The molecule has 0 saturated heterocycles. The third-order valence-electron chi connectivity index (χ3n) is 2.88. The molecule has 2 rings (SSSR count). The highest BCUT2D eigenvalue weighted by atomic mass is 16.5. The number of rotatable bonds is 4. The van der Waals surface area contributed by atoms with Gasteiger partial charge in [-0.15, -0.1) is 0 Å². The van der Waals surface area contributed by atoms with E-state index in [1.165, 1.54) is 20.0 Å². The Kier molecular flexibility index (Phi) is 3.08. The second kappa shape index (κ2) is 4.51. The number of hydrogen-bond acceptors (Lipinski definition) is 4. The number of hydrogen-bond donors (Lipinski definition) is 1. The summed E-state index contributed by atoms with van der Waals surface area (Å²) in [6, 6.07) is 4.05. The molecular formula is C12H16N2O2. The van der Waals surface area contributed by atoms with Crippen LogP contribution in [0.15, 0.2) is 18.3 Å². The molecule has 1 unspecified atom stereocenters.